The van der Waals surface area contributed by atoms with Crippen LogP contribution in [-0.2, 0) is 6.61 Å². The number of para-hydroxylation sites is 1. The van der Waals surface area contributed by atoms with Gasteiger partial charge in [-0.3, -0.25) is 0 Å². The van der Waals surface area contributed by atoms with Crippen molar-refractivity contribution in [1.29, 1.82) is 0 Å². The van der Waals surface area contributed by atoms with E-state index in [0.29, 0.717) is 6.61 Å². The van der Waals surface area contributed by atoms with Gasteiger partial charge in [-0.25, -0.2) is 0 Å². The zero-order valence-electron chi connectivity index (χ0n) is 10.1. The Labute approximate surface area is 115 Å². The maximum Gasteiger partial charge on any atom is 0.119 e. The van der Waals surface area contributed by atoms with E-state index in [1.54, 1.807) is 6.92 Å². The minimum atomic E-state index is -0.474. The fourth-order valence-corrected chi connectivity index (χ4v) is 2.24. The van der Waals surface area contributed by atoms with Crippen LogP contribution in [0.1, 0.15) is 24.2 Å². The molecule has 2 nitrogen and oxygen atoms in total. The van der Waals surface area contributed by atoms with Gasteiger partial charge in [-0.15, -0.1) is 0 Å². The van der Waals surface area contributed by atoms with Crippen molar-refractivity contribution in [2.24, 2.45) is 0 Å². The summed E-state index contributed by atoms with van der Waals surface area (Å²) in [5.41, 5.74) is 1.92. The van der Waals surface area contributed by atoms with Crippen LogP contribution in [0.5, 0.6) is 5.75 Å². The monoisotopic (exact) mass is 306 g/mol. The second-order valence-corrected chi connectivity index (χ2v) is 5.09. The van der Waals surface area contributed by atoms with Crippen LogP contribution in [0.2, 0.25) is 0 Å². The first-order valence-corrected chi connectivity index (χ1v) is 6.60. The lowest BCUT2D eigenvalue weighted by Crippen LogP contribution is -1.98. The van der Waals surface area contributed by atoms with Crippen LogP contribution in [-0.4, -0.2) is 5.11 Å². The first-order valence-electron chi connectivity index (χ1n) is 5.80. The highest BCUT2D eigenvalue weighted by Gasteiger charge is 2.05. The highest BCUT2D eigenvalue weighted by molar-refractivity contribution is 9.10. The minimum Gasteiger partial charge on any atom is -0.489 e. The Hall–Kier alpha value is -1.32. The SMILES string of the molecule is CC(O)c1cc(Br)cc(COc2ccccc2)c1. The van der Waals surface area contributed by atoms with Crippen LogP contribution < -0.4 is 4.74 Å². The molecule has 1 unspecified atom stereocenters. The summed E-state index contributed by atoms with van der Waals surface area (Å²) in [6, 6.07) is 15.6. The number of halogens is 1. The van der Waals surface area contributed by atoms with Crippen molar-refractivity contribution in [3.8, 4) is 5.75 Å². The van der Waals surface area contributed by atoms with E-state index in [2.05, 4.69) is 15.9 Å². The Morgan fingerprint density at radius 1 is 1.17 bits per heavy atom. The van der Waals surface area contributed by atoms with Crippen molar-refractivity contribution < 1.29 is 9.84 Å². The predicted molar refractivity (Wildman–Crippen MR) is 75.5 cm³/mol. The summed E-state index contributed by atoms with van der Waals surface area (Å²) in [6.45, 7) is 2.24. The highest BCUT2D eigenvalue weighted by atomic mass is 79.9. The number of hydrogen-bond donors (Lipinski definition) is 1. The zero-order valence-corrected chi connectivity index (χ0v) is 11.7. The fourth-order valence-electron chi connectivity index (χ4n) is 1.68. The summed E-state index contributed by atoms with van der Waals surface area (Å²) in [6.07, 6.45) is -0.474. The van der Waals surface area contributed by atoms with Crippen molar-refractivity contribution >= 4 is 15.9 Å². The fraction of sp³-hybridized carbons (Fsp3) is 0.200. The van der Waals surface area contributed by atoms with Gasteiger partial charge in [0.05, 0.1) is 6.10 Å². The van der Waals surface area contributed by atoms with Crippen LogP contribution in [0.3, 0.4) is 0 Å². The van der Waals surface area contributed by atoms with E-state index in [1.807, 2.05) is 48.5 Å². The molecule has 0 aromatic heterocycles. The molecule has 0 saturated heterocycles. The Balaban J connectivity index is 2.10. The lowest BCUT2D eigenvalue weighted by atomic mass is 10.1. The number of aliphatic hydroxyl groups excluding tert-OH is 1. The van der Waals surface area contributed by atoms with Crippen LogP contribution in [0.25, 0.3) is 0 Å². The molecule has 2 aromatic rings. The molecule has 0 aliphatic heterocycles. The summed E-state index contributed by atoms with van der Waals surface area (Å²) in [5.74, 6) is 0.844. The van der Waals surface area contributed by atoms with Gasteiger partial charge in [-0.2, -0.15) is 0 Å². The van der Waals surface area contributed by atoms with Crippen molar-refractivity contribution in [3.05, 3.63) is 64.1 Å². The van der Waals surface area contributed by atoms with E-state index in [0.717, 1.165) is 21.3 Å². The number of rotatable bonds is 4. The molecule has 18 heavy (non-hydrogen) atoms. The van der Waals surface area contributed by atoms with Crippen molar-refractivity contribution in [2.45, 2.75) is 19.6 Å². The molecule has 0 spiro atoms. The quantitative estimate of drug-likeness (QED) is 0.922. The largest absolute Gasteiger partial charge is 0.489 e. The summed E-state index contributed by atoms with van der Waals surface area (Å²) in [7, 11) is 0. The molecule has 1 atom stereocenters. The third-order valence-corrected chi connectivity index (χ3v) is 3.07. The molecule has 3 heteroatoms. The van der Waals surface area contributed by atoms with E-state index >= 15 is 0 Å². The minimum absolute atomic E-state index is 0.474. The van der Waals surface area contributed by atoms with Gasteiger partial charge < -0.3 is 9.84 Å². The first kappa shape index (κ1) is 13.1. The Kier molecular flexibility index (Phi) is 4.39. The smallest absolute Gasteiger partial charge is 0.119 e. The molecular weight excluding hydrogens is 292 g/mol. The molecule has 0 aliphatic carbocycles. The highest BCUT2D eigenvalue weighted by Crippen LogP contribution is 2.22. The van der Waals surface area contributed by atoms with E-state index in [-0.39, 0.29) is 0 Å². The van der Waals surface area contributed by atoms with Gasteiger partial charge in [0.15, 0.2) is 0 Å². The molecule has 0 amide bonds. The average molecular weight is 307 g/mol. The molecule has 94 valence electrons. The van der Waals surface area contributed by atoms with Gasteiger partial charge in [0.25, 0.3) is 0 Å². The zero-order chi connectivity index (χ0) is 13.0. The average Bonchev–Trinajstić information content (AvgIpc) is 2.37. The molecular formula is C15H15BrO2. The number of benzene rings is 2. The van der Waals surface area contributed by atoms with Crippen LogP contribution in [0, 0.1) is 0 Å². The molecule has 0 radical (unpaired) electrons. The van der Waals surface area contributed by atoms with Gasteiger partial charge >= 0.3 is 0 Å². The van der Waals surface area contributed by atoms with E-state index in [4.69, 9.17) is 4.74 Å². The third kappa shape index (κ3) is 3.59. The summed E-state index contributed by atoms with van der Waals surface area (Å²) in [4.78, 5) is 0. The Bertz CT molecular complexity index is 509. The molecule has 2 aromatic carbocycles. The van der Waals surface area contributed by atoms with Crippen molar-refractivity contribution in [3.63, 3.8) is 0 Å². The number of aliphatic hydroxyl groups is 1. The standard InChI is InChI=1S/C15H15BrO2/c1-11(17)13-7-12(8-14(16)9-13)10-18-15-5-3-2-4-6-15/h2-9,11,17H,10H2,1H3. The van der Waals surface area contributed by atoms with Crippen LogP contribution in [0.4, 0.5) is 0 Å². The molecule has 0 bridgehead atoms. The second-order valence-electron chi connectivity index (χ2n) is 4.17. The molecule has 0 heterocycles. The maximum absolute atomic E-state index is 9.60. The van der Waals surface area contributed by atoms with E-state index in [1.165, 1.54) is 0 Å². The number of hydrogen-bond acceptors (Lipinski definition) is 2. The van der Waals surface area contributed by atoms with Gasteiger partial charge in [0, 0.05) is 4.47 Å². The summed E-state index contributed by atoms with van der Waals surface area (Å²) >= 11 is 3.44. The van der Waals surface area contributed by atoms with Gasteiger partial charge in [-0.05, 0) is 48.4 Å². The molecule has 0 fully saturated rings. The van der Waals surface area contributed by atoms with Gasteiger partial charge in [0.1, 0.15) is 12.4 Å². The molecule has 1 N–H and O–H groups in total. The third-order valence-electron chi connectivity index (χ3n) is 2.61. The van der Waals surface area contributed by atoms with Crippen LogP contribution >= 0.6 is 15.9 Å². The molecule has 0 aliphatic rings. The lowest BCUT2D eigenvalue weighted by Gasteiger charge is -2.10. The topological polar surface area (TPSA) is 29.5 Å². The predicted octanol–water partition coefficient (Wildman–Crippen LogP) is 4.08. The van der Waals surface area contributed by atoms with Crippen LogP contribution in [0.15, 0.2) is 53.0 Å². The molecule has 0 saturated carbocycles. The van der Waals surface area contributed by atoms with E-state index < -0.39 is 6.10 Å². The van der Waals surface area contributed by atoms with Crippen molar-refractivity contribution in [1.82, 2.24) is 0 Å². The maximum atomic E-state index is 9.60. The van der Waals surface area contributed by atoms with Crippen molar-refractivity contribution in [2.75, 3.05) is 0 Å². The Morgan fingerprint density at radius 3 is 2.56 bits per heavy atom. The number of ether oxygens (including phenoxy) is 1. The molecule has 2 rings (SSSR count). The summed E-state index contributed by atoms with van der Waals surface area (Å²) in [5, 5.41) is 9.60. The normalized spacial score (nSPS) is 12.2. The lowest BCUT2D eigenvalue weighted by molar-refractivity contribution is 0.199. The van der Waals surface area contributed by atoms with E-state index in [9.17, 15) is 5.11 Å². The second kappa shape index (κ2) is 6.03. The summed E-state index contributed by atoms with van der Waals surface area (Å²) < 4.78 is 6.63. The Morgan fingerprint density at radius 2 is 1.89 bits per heavy atom. The van der Waals surface area contributed by atoms with Gasteiger partial charge in [0.2, 0.25) is 0 Å². The van der Waals surface area contributed by atoms with Gasteiger partial charge in [-0.1, -0.05) is 34.1 Å². The first-order chi connectivity index (χ1) is 8.65.